The van der Waals surface area contributed by atoms with Gasteiger partial charge in [-0.2, -0.15) is 0 Å². The monoisotopic (exact) mass is 532 g/mol. The van der Waals surface area contributed by atoms with Crippen LogP contribution in [-0.4, -0.2) is 57.8 Å². The summed E-state index contributed by atoms with van der Waals surface area (Å²) in [5, 5.41) is 26.1. The quantitative estimate of drug-likeness (QED) is 0.322. The Kier molecular flexibility index (Phi) is 7.46. The average molecular weight is 533 g/mol. The lowest BCUT2D eigenvalue weighted by Gasteiger charge is -2.29. The molecular weight excluding hydrogens is 503 g/mol. The van der Waals surface area contributed by atoms with Crippen molar-refractivity contribution in [1.29, 1.82) is 0 Å². The summed E-state index contributed by atoms with van der Waals surface area (Å²) in [6.07, 6.45) is 0.692. The number of aliphatic hydroxyl groups excluding tert-OH is 1. The van der Waals surface area contributed by atoms with Gasteiger partial charge in [0.1, 0.15) is 0 Å². The predicted octanol–water partition coefficient (Wildman–Crippen LogP) is 3.06. The molecule has 0 aliphatic carbocycles. The van der Waals surface area contributed by atoms with Crippen molar-refractivity contribution in [2.24, 2.45) is 0 Å². The summed E-state index contributed by atoms with van der Waals surface area (Å²) in [5.41, 5.74) is 1.21. The highest BCUT2D eigenvalue weighted by Gasteiger charge is 2.40. The number of hydrogen-bond acceptors (Lipinski definition) is 6. The molecule has 0 unspecified atom stereocenters. The summed E-state index contributed by atoms with van der Waals surface area (Å²) in [4.78, 5) is 33.4. The van der Waals surface area contributed by atoms with Crippen molar-refractivity contribution in [2.45, 2.75) is 45.4 Å². The number of aryl methyl sites for hydroxylation is 1. The molecule has 0 saturated heterocycles. The van der Waals surface area contributed by atoms with Gasteiger partial charge in [0.25, 0.3) is 11.5 Å². The van der Waals surface area contributed by atoms with Crippen LogP contribution in [0.25, 0.3) is 22.3 Å². The molecule has 0 bridgehead atoms. The number of carbonyl (C=O) groups is 1. The molecule has 0 radical (unpaired) electrons. The Bertz CT molecular complexity index is 1420. The second kappa shape index (κ2) is 10.1. The van der Waals surface area contributed by atoms with Gasteiger partial charge in [-0.3, -0.25) is 9.59 Å². The third-order valence-electron chi connectivity index (χ3n) is 6.89. The van der Waals surface area contributed by atoms with E-state index in [1.807, 2.05) is 25.9 Å². The van der Waals surface area contributed by atoms with Crippen LogP contribution in [0.3, 0.4) is 0 Å². The Morgan fingerprint density at radius 1 is 1.19 bits per heavy atom. The van der Waals surface area contributed by atoms with E-state index in [2.05, 4.69) is 5.32 Å². The zero-order valence-electron chi connectivity index (χ0n) is 20.8. The van der Waals surface area contributed by atoms with E-state index in [0.29, 0.717) is 46.5 Å². The first kappa shape index (κ1) is 26.6. The minimum atomic E-state index is -2.00. The zero-order valence-corrected chi connectivity index (χ0v) is 22.3. The normalized spacial score (nSPS) is 14.1. The lowest BCUT2D eigenvalue weighted by Crippen LogP contribution is -2.47. The molecule has 1 aliphatic heterocycles. The van der Waals surface area contributed by atoms with Crippen molar-refractivity contribution in [2.75, 3.05) is 27.2 Å². The molecule has 0 spiro atoms. The minimum Gasteiger partial charge on any atom is -0.391 e. The molecule has 2 aromatic heterocycles. The van der Waals surface area contributed by atoms with Gasteiger partial charge in [0.15, 0.2) is 5.60 Å². The molecule has 1 aromatic carbocycles. The molecule has 8 nitrogen and oxygen atoms in total. The SMILES string of the molecule is CCc1c2c(nc3cc(Cl)c(Cl)cc13)-c1cc([C@@](O)(CC)C(=O)NCCN(C)C)c(CO)c(=O)n1C2. The van der Waals surface area contributed by atoms with Gasteiger partial charge in [-0.05, 0) is 50.7 Å². The van der Waals surface area contributed by atoms with E-state index in [1.165, 1.54) is 4.57 Å². The number of rotatable bonds is 8. The van der Waals surface area contributed by atoms with E-state index in [-0.39, 0.29) is 24.1 Å². The van der Waals surface area contributed by atoms with E-state index in [9.17, 15) is 19.8 Å². The highest BCUT2D eigenvalue weighted by atomic mass is 35.5. The maximum absolute atomic E-state index is 13.6. The number of benzene rings is 1. The van der Waals surface area contributed by atoms with Crippen LogP contribution in [0.1, 0.15) is 42.5 Å². The Hall–Kier alpha value is -2.49. The molecule has 3 N–H and O–H groups in total. The maximum Gasteiger partial charge on any atom is 0.257 e. The standard InChI is InChI=1S/C26H30Cl2N4O4/c1-5-14-15-9-19(27)20(28)11-21(15)30-23-16(14)12-32-22(23)10-18(17(13-33)24(32)34)26(36,6-2)25(35)29-7-8-31(3)4/h9-11,33,36H,5-8,12-13H2,1-4H3,(H,29,35)/t26-/m0/s1. The lowest BCUT2D eigenvalue weighted by atomic mass is 9.86. The molecule has 3 aromatic rings. The Morgan fingerprint density at radius 2 is 1.89 bits per heavy atom. The number of likely N-dealkylation sites (N-methyl/N-ethyl adjacent to an activating group) is 1. The fourth-order valence-corrected chi connectivity index (χ4v) is 5.21. The highest BCUT2D eigenvalue weighted by Crippen LogP contribution is 2.40. The first-order chi connectivity index (χ1) is 17.1. The number of hydrogen-bond donors (Lipinski definition) is 3. The maximum atomic E-state index is 13.6. The molecule has 36 heavy (non-hydrogen) atoms. The molecule has 10 heteroatoms. The Labute approximate surface area is 219 Å². The van der Waals surface area contributed by atoms with E-state index < -0.39 is 23.7 Å². The van der Waals surface area contributed by atoms with Gasteiger partial charge in [-0.25, -0.2) is 4.98 Å². The number of fused-ring (bicyclic) bond motifs is 4. The molecule has 192 valence electrons. The summed E-state index contributed by atoms with van der Waals surface area (Å²) >= 11 is 12.5. The second-order valence-electron chi connectivity index (χ2n) is 9.30. The summed E-state index contributed by atoms with van der Waals surface area (Å²) in [5.74, 6) is -0.619. The van der Waals surface area contributed by atoms with E-state index in [0.717, 1.165) is 16.5 Å². The van der Waals surface area contributed by atoms with E-state index >= 15 is 0 Å². The van der Waals surface area contributed by atoms with E-state index in [4.69, 9.17) is 28.2 Å². The highest BCUT2D eigenvalue weighted by molar-refractivity contribution is 6.42. The van der Waals surface area contributed by atoms with Crippen LogP contribution in [0.15, 0.2) is 23.0 Å². The van der Waals surface area contributed by atoms with Crippen LogP contribution in [0, 0.1) is 0 Å². The van der Waals surface area contributed by atoms with Crippen LogP contribution in [0.4, 0.5) is 0 Å². The third-order valence-corrected chi connectivity index (χ3v) is 7.62. The average Bonchev–Trinajstić information content (AvgIpc) is 3.21. The Morgan fingerprint density at radius 3 is 2.50 bits per heavy atom. The molecule has 1 aliphatic rings. The number of nitrogens with one attached hydrogen (secondary N) is 1. The van der Waals surface area contributed by atoms with Gasteiger partial charge in [0, 0.05) is 35.2 Å². The predicted molar refractivity (Wildman–Crippen MR) is 142 cm³/mol. The van der Waals surface area contributed by atoms with Crippen LogP contribution in [0.5, 0.6) is 0 Å². The van der Waals surface area contributed by atoms with Crippen molar-refractivity contribution in [3.05, 3.63) is 60.9 Å². The third kappa shape index (κ3) is 4.31. The van der Waals surface area contributed by atoms with Gasteiger partial charge in [0.05, 0.1) is 40.1 Å². The lowest BCUT2D eigenvalue weighted by molar-refractivity contribution is -0.141. The number of aliphatic hydroxyl groups is 2. The summed E-state index contributed by atoms with van der Waals surface area (Å²) in [6, 6.07) is 5.10. The number of carbonyl (C=O) groups excluding carboxylic acids is 1. The number of halogens is 2. The van der Waals surface area contributed by atoms with Crippen molar-refractivity contribution in [3.8, 4) is 11.4 Å². The second-order valence-corrected chi connectivity index (χ2v) is 10.1. The van der Waals surface area contributed by atoms with Crippen molar-refractivity contribution >= 4 is 40.0 Å². The number of aromatic nitrogens is 2. The van der Waals surface area contributed by atoms with Crippen LogP contribution >= 0.6 is 23.2 Å². The molecule has 1 amide bonds. The smallest absolute Gasteiger partial charge is 0.257 e. The fraction of sp³-hybridized carbons (Fsp3) is 0.423. The van der Waals surface area contributed by atoms with Crippen LogP contribution < -0.4 is 10.9 Å². The largest absolute Gasteiger partial charge is 0.391 e. The molecule has 0 fully saturated rings. The molecular formula is C26H30Cl2N4O4. The van der Waals surface area contributed by atoms with Crippen LogP contribution in [0.2, 0.25) is 10.0 Å². The van der Waals surface area contributed by atoms with Gasteiger partial charge in [-0.1, -0.05) is 37.0 Å². The summed E-state index contributed by atoms with van der Waals surface area (Å²) in [6.45, 7) is 4.25. The summed E-state index contributed by atoms with van der Waals surface area (Å²) in [7, 11) is 3.76. The fourth-order valence-electron chi connectivity index (χ4n) is 4.88. The van der Waals surface area contributed by atoms with Crippen molar-refractivity contribution in [1.82, 2.24) is 19.8 Å². The van der Waals surface area contributed by atoms with Gasteiger partial charge in [0.2, 0.25) is 0 Å². The summed E-state index contributed by atoms with van der Waals surface area (Å²) < 4.78 is 1.54. The van der Waals surface area contributed by atoms with Crippen molar-refractivity contribution < 1.29 is 15.0 Å². The van der Waals surface area contributed by atoms with Gasteiger partial charge in [-0.15, -0.1) is 0 Å². The molecule has 1 atom stereocenters. The van der Waals surface area contributed by atoms with E-state index in [1.54, 1.807) is 25.1 Å². The molecule has 3 heterocycles. The number of pyridine rings is 2. The first-order valence-corrected chi connectivity index (χ1v) is 12.7. The number of nitrogens with zero attached hydrogens (tertiary/aromatic N) is 3. The number of amides is 1. The van der Waals surface area contributed by atoms with Gasteiger partial charge >= 0.3 is 0 Å². The molecule has 0 saturated carbocycles. The Balaban J connectivity index is 1.92. The topological polar surface area (TPSA) is 108 Å². The van der Waals surface area contributed by atoms with Crippen LogP contribution in [-0.2, 0) is 30.0 Å². The van der Waals surface area contributed by atoms with Crippen molar-refractivity contribution in [3.63, 3.8) is 0 Å². The van der Waals surface area contributed by atoms with Gasteiger partial charge < -0.3 is 25.0 Å². The zero-order chi connectivity index (χ0) is 26.4. The molecule has 4 rings (SSSR count). The minimum absolute atomic E-state index is 0.00708. The first-order valence-electron chi connectivity index (χ1n) is 11.9.